The predicted octanol–water partition coefficient (Wildman–Crippen LogP) is 2.13. The summed E-state index contributed by atoms with van der Waals surface area (Å²) in [6, 6.07) is 4.84. The van der Waals surface area contributed by atoms with Crippen LogP contribution in [0.4, 0.5) is 4.39 Å². The van der Waals surface area contributed by atoms with Crippen LogP contribution in [0.25, 0.3) is 0 Å². The van der Waals surface area contributed by atoms with Gasteiger partial charge in [0.05, 0.1) is 13.7 Å². The van der Waals surface area contributed by atoms with E-state index in [0.29, 0.717) is 24.5 Å². The highest BCUT2D eigenvalue weighted by Gasteiger charge is 2.10. The summed E-state index contributed by atoms with van der Waals surface area (Å²) in [4.78, 5) is 0. The van der Waals surface area contributed by atoms with Crippen LogP contribution in [0.1, 0.15) is 18.5 Å². The van der Waals surface area contributed by atoms with E-state index < -0.39 is 0 Å². The first-order chi connectivity index (χ1) is 7.69. The van der Waals surface area contributed by atoms with E-state index in [0.717, 1.165) is 0 Å². The van der Waals surface area contributed by atoms with Crippen LogP contribution in [-0.2, 0) is 4.74 Å². The third-order valence-electron chi connectivity index (χ3n) is 2.43. The lowest BCUT2D eigenvalue weighted by atomic mass is 10.1. The molecule has 0 radical (unpaired) electrons. The fourth-order valence-corrected chi connectivity index (χ4v) is 1.47. The smallest absolute Gasteiger partial charge is 0.131 e. The lowest BCUT2D eigenvalue weighted by Gasteiger charge is -2.15. The van der Waals surface area contributed by atoms with Crippen LogP contribution in [0.15, 0.2) is 18.2 Å². The Bertz CT molecular complexity index is 331. The maximum Gasteiger partial charge on any atom is 0.131 e. The highest BCUT2D eigenvalue weighted by atomic mass is 19.1. The summed E-state index contributed by atoms with van der Waals surface area (Å²) in [7, 11) is 3.16. The average Bonchev–Trinajstić information content (AvgIpc) is 2.29. The van der Waals surface area contributed by atoms with Gasteiger partial charge in [0.25, 0.3) is 0 Å². The minimum absolute atomic E-state index is 0.0407. The summed E-state index contributed by atoms with van der Waals surface area (Å²) in [5.74, 6) is 0.280. The third-order valence-corrected chi connectivity index (χ3v) is 2.43. The van der Waals surface area contributed by atoms with E-state index in [1.807, 2.05) is 6.92 Å². The molecule has 1 atom stereocenters. The Morgan fingerprint density at radius 1 is 1.38 bits per heavy atom. The molecule has 0 aliphatic heterocycles. The number of rotatable bonds is 6. The van der Waals surface area contributed by atoms with Crippen molar-refractivity contribution in [3.63, 3.8) is 0 Å². The van der Waals surface area contributed by atoms with E-state index in [-0.39, 0.29) is 11.9 Å². The molecule has 0 amide bonds. The Labute approximate surface area is 95.6 Å². The van der Waals surface area contributed by atoms with Gasteiger partial charge in [-0.2, -0.15) is 0 Å². The normalized spacial score (nSPS) is 12.5. The summed E-state index contributed by atoms with van der Waals surface area (Å²) >= 11 is 0. The van der Waals surface area contributed by atoms with Gasteiger partial charge in [0.15, 0.2) is 0 Å². The molecule has 4 heteroatoms. The summed E-state index contributed by atoms with van der Waals surface area (Å²) in [5.41, 5.74) is 0.636. The molecule has 1 N–H and O–H groups in total. The number of ether oxygens (including phenoxy) is 2. The molecule has 0 saturated heterocycles. The molecule has 3 nitrogen and oxygen atoms in total. The maximum absolute atomic E-state index is 13.6. The van der Waals surface area contributed by atoms with Crippen LogP contribution >= 0.6 is 0 Å². The molecule has 90 valence electrons. The third kappa shape index (κ3) is 3.47. The van der Waals surface area contributed by atoms with Gasteiger partial charge in [0.2, 0.25) is 0 Å². The van der Waals surface area contributed by atoms with Crippen molar-refractivity contribution in [2.75, 3.05) is 27.4 Å². The van der Waals surface area contributed by atoms with Gasteiger partial charge in [-0.1, -0.05) is 6.07 Å². The highest BCUT2D eigenvalue weighted by Crippen LogP contribution is 2.21. The van der Waals surface area contributed by atoms with E-state index in [9.17, 15) is 4.39 Å². The van der Waals surface area contributed by atoms with Gasteiger partial charge < -0.3 is 14.8 Å². The van der Waals surface area contributed by atoms with Crippen molar-refractivity contribution >= 4 is 0 Å². The molecule has 0 aliphatic rings. The Morgan fingerprint density at radius 3 is 2.69 bits per heavy atom. The van der Waals surface area contributed by atoms with Crippen LogP contribution in [0.2, 0.25) is 0 Å². The molecule has 0 spiro atoms. The van der Waals surface area contributed by atoms with Crippen molar-refractivity contribution in [1.82, 2.24) is 5.32 Å². The van der Waals surface area contributed by atoms with Gasteiger partial charge in [-0.3, -0.25) is 0 Å². The number of nitrogens with one attached hydrogen (secondary N) is 1. The van der Waals surface area contributed by atoms with Gasteiger partial charge in [-0.05, 0) is 13.0 Å². The van der Waals surface area contributed by atoms with E-state index in [1.165, 1.54) is 13.2 Å². The minimum Gasteiger partial charge on any atom is -0.497 e. The van der Waals surface area contributed by atoms with Crippen LogP contribution in [-0.4, -0.2) is 27.4 Å². The largest absolute Gasteiger partial charge is 0.497 e. The topological polar surface area (TPSA) is 30.5 Å². The standard InChI is InChI=1S/C12H18FNO2/c1-9(14-6-7-15-2)11-5-4-10(16-3)8-12(11)13/h4-5,8-9,14H,6-7H2,1-3H3. The van der Waals surface area contributed by atoms with Crippen LogP contribution < -0.4 is 10.1 Å². The van der Waals surface area contributed by atoms with Crippen LogP contribution in [0.5, 0.6) is 5.75 Å². The highest BCUT2D eigenvalue weighted by molar-refractivity contribution is 5.30. The van der Waals surface area contributed by atoms with E-state index in [4.69, 9.17) is 9.47 Å². The summed E-state index contributed by atoms with van der Waals surface area (Å²) < 4.78 is 23.5. The first kappa shape index (κ1) is 12.9. The summed E-state index contributed by atoms with van der Waals surface area (Å²) in [6.07, 6.45) is 0. The lowest BCUT2D eigenvalue weighted by molar-refractivity contribution is 0.196. The van der Waals surface area contributed by atoms with Gasteiger partial charge in [-0.15, -0.1) is 0 Å². The number of hydrogen-bond donors (Lipinski definition) is 1. The molecule has 16 heavy (non-hydrogen) atoms. The summed E-state index contributed by atoms with van der Waals surface area (Å²) in [5, 5.41) is 3.17. The Kier molecular flexibility index (Phi) is 5.22. The molecule has 1 rings (SSSR count). The van der Waals surface area contributed by atoms with Crippen molar-refractivity contribution in [3.05, 3.63) is 29.6 Å². The van der Waals surface area contributed by atoms with Crippen molar-refractivity contribution < 1.29 is 13.9 Å². The Morgan fingerprint density at radius 2 is 2.12 bits per heavy atom. The Balaban J connectivity index is 2.64. The second-order valence-corrected chi connectivity index (χ2v) is 3.56. The lowest BCUT2D eigenvalue weighted by Crippen LogP contribution is -2.23. The predicted molar refractivity (Wildman–Crippen MR) is 61.2 cm³/mol. The number of hydrogen-bond acceptors (Lipinski definition) is 3. The second kappa shape index (κ2) is 6.45. The van der Waals surface area contributed by atoms with Gasteiger partial charge in [0.1, 0.15) is 11.6 Å². The molecule has 0 aliphatic carbocycles. The molecule has 0 heterocycles. The molecule has 0 saturated carbocycles. The molecule has 0 aromatic heterocycles. The monoisotopic (exact) mass is 227 g/mol. The second-order valence-electron chi connectivity index (χ2n) is 3.56. The fraction of sp³-hybridized carbons (Fsp3) is 0.500. The van der Waals surface area contributed by atoms with Gasteiger partial charge in [0, 0.05) is 31.3 Å². The molecular formula is C12H18FNO2. The van der Waals surface area contributed by atoms with E-state index in [1.54, 1.807) is 19.2 Å². The van der Waals surface area contributed by atoms with Crippen molar-refractivity contribution in [2.24, 2.45) is 0 Å². The zero-order valence-electron chi connectivity index (χ0n) is 9.92. The Hall–Kier alpha value is -1.13. The first-order valence-corrected chi connectivity index (χ1v) is 5.24. The number of halogens is 1. The van der Waals surface area contributed by atoms with E-state index >= 15 is 0 Å². The zero-order valence-corrected chi connectivity index (χ0v) is 9.92. The molecule has 0 fully saturated rings. The van der Waals surface area contributed by atoms with Crippen molar-refractivity contribution in [1.29, 1.82) is 0 Å². The van der Waals surface area contributed by atoms with E-state index in [2.05, 4.69) is 5.32 Å². The fourth-order valence-electron chi connectivity index (χ4n) is 1.47. The molecule has 0 bridgehead atoms. The van der Waals surface area contributed by atoms with Gasteiger partial charge >= 0.3 is 0 Å². The van der Waals surface area contributed by atoms with Crippen LogP contribution in [0.3, 0.4) is 0 Å². The van der Waals surface area contributed by atoms with Crippen molar-refractivity contribution in [2.45, 2.75) is 13.0 Å². The van der Waals surface area contributed by atoms with Crippen molar-refractivity contribution in [3.8, 4) is 5.75 Å². The molecule has 1 unspecified atom stereocenters. The minimum atomic E-state index is -0.253. The zero-order chi connectivity index (χ0) is 12.0. The van der Waals surface area contributed by atoms with Crippen LogP contribution in [0, 0.1) is 5.82 Å². The quantitative estimate of drug-likeness (QED) is 0.755. The molecule has 1 aromatic carbocycles. The number of benzene rings is 1. The number of methoxy groups -OCH3 is 2. The van der Waals surface area contributed by atoms with Gasteiger partial charge in [-0.25, -0.2) is 4.39 Å². The average molecular weight is 227 g/mol. The maximum atomic E-state index is 13.6. The SMILES string of the molecule is COCCNC(C)c1ccc(OC)cc1F. The molecular weight excluding hydrogens is 209 g/mol. The molecule has 1 aromatic rings. The summed E-state index contributed by atoms with van der Waals surface area (Å²) in [6.45, 7) is 3.23. The first-order valence-electron chi connectivity index (χ1n) is 5.24.